The molecule has 98 valence electrons. The Morgan fingerprint density at radius 3 is 2.95 bits per heavy atom. The Hall–Kier alpha value is -1.92. The van der Waals surface area contributed by atoms with Crippen LogP contribution in [-0.4, -0.2) is 24.5 Å². The topological polar surface area (TPSA) is 74.5 Å². The summed E-state index contributed by atoms with van der Waals surface area (Å²) in [5.41, 5.74) is 8.20. The first-order valence-corrected chi connectivity index (χ1v) is 6.25. The maximum atomic E-state index is 6.00. The smallest absolute Gasteiger partial charge is 0.131 e. The van der Waals surface area contributed by atoms with Gasteiger partial charge >= 0.3 is 0 Å². The molecular weight excluding hydrogens is 264 g/mol. The lowest BCUT2D eigenvalue weighted by Crippen LogP contribution is -2.06. The number of hydrogen-bond acceptors (Lipinski definition) is 4. The minimum atomic E-state index is 0.387. The summed E-state index contributed by atoms with van der Waals surface area (Å²) in [4.78, 5) is 4.57. The van der Waals surface area contributed by atoms with E-state index in [1.165, 1.54) is 0 Å². The number of fused-ring (bicyclic) bond motifs is 1. The van der Waals surface area contributed by atoms with Crippen molar-refractivity contribution in [3.8, 4) is 0 Å². The zero-order valence-corrected chi connectivity index (χ0v) is 11.2. The Bertz CT molecular complexity index is 729. The summed E-state index contributed by atoms with van der Waals surface area (Å²) < 4.78 is 3.73. The Morgan fingerprint density at radius 2 is 2.21 bits per heavy atom. The number of aromatic nitrogens is 5. The van der Waals surface area contributed by atoms with Crippen molar-refractivity contribution in [2.24, 2.45) is 12.8 Å². The van der Waals surface area contributed by atoms with Crippen LogP contribution in [0.4, 0.5) is 0 Å². The lowest BCUT2D eigenvalue weighted by molar-refractivity contribution is 0.610. The standard InChI is InChI=1S/C12H13ClN6/c1-18-11-4-8(13)2-3-10(11)15-12(18)7-19-6-9(5-14)16-17-19/h2-4,6H,5,7,14H2,1H3. The molecule has 19 heavy (non-hydrogen) atoms. The zero-order chi connectivity index (χ0) is 13.4. The van der Waals surface area contributed by atoms with Crippen LogP contribution in [0.3, 0.4) is 0 Å². The second kappa shape index (κ2) is 4.64. The molecule has 0 saturated heterocycles. The average molecular weight is 277 g/mol. The molecular formula is C12H13ClN6. The van der Waals surface area contributed by atoms with Crippen LogP contribution >= 0.6 is 11.6 Å². The maximum absolute atomic E-state index is 6.00. The van der Waals surface area contributed by atoms with E-state index in [0.717, 1.165) is 22.6 Å². The lowest BCUT2D eigenvalue weighted by atomic mass is 10.3. The molecule has 0 spiro atoms. The van der Waals surface area contributed by atoms with Gasteiger partial charge in [0.25, 0.3) is 0 Å². The predicted octanol–water partition coefficient (Wildman–Crippen LogP) is 1.33. The quantitative estimate of drug-likeness (QED) is 0.783. The average Bonchev–Trinajstić information content (AvgIpc) is 2.97. The van der Waals surface area contributed by atoms with E-state index in [-0.39, 0.29) is 0 Å². The Kier molecular flexibility index (Phi) is 2.96. The number of nitrogens with zero attached hydrogens (tertiary/aromatic N) is 5. The molecule has 0 radical (unpaired) electrons. The van der Waals surface area contributed by atoms with E-state index in [1.807, 2.05) is 36.0 Å². The summed E-state index contributed by atoms with van der Waals surface area (Å²) in [6.45, 7) is 0.938. The molecule has 0 fully saturated rings. The summed E-state index contributed by atoms with van der Waals surface area (Å²) in [6.07, 6.45) is 1.83. The molecule has 3 aromatic rings. The van der Waals surface area contributed by atoms with Crippen molar-refractivity contribution in [2.45, 2.75) is 13.1 Å². The van der Waals surface area contributed by atoms with Crippen molar-refractivity contribution < 1.29 is 0 Å². The fourth-order valence-electron chi connectivity index (χ4n) is 2.01. The highest BCUT2D eigenvalue weighted by molar-refractivity contribution is 6.31. The van der Waals surface area contributed by atoms with Crippen molar-refractivity contribution in [2.75, 3.05) is 0 Å². The Labute approximate surface area is 114 Å². The van der Waals surface area contributed by atoms with Gasteiger partial charge in [-0.3, -0.25) is 0 Å². The first-order chi connectivity index (χ1) is 9.17. The molecule has 0 aliphatic heterocycles. The van der Waals surface area contributed by atoms with E-state index in [1.54, 1.807) is 4.68 Å². The number of imidazole rings is 1. The van der Waals surface area contributed by atoms with Crippen molar-refractivity contribution in [1.82, 2.24) is 24.5 Å². The third-order valence-electron chi connectivity index (χ3n) is 3.03. The van der Waals surface area contributed by atoms with Crippen LogP contribution in [0.5, 0.6) is 0 Å². The van der Waals surface area contributed by atoms with Gasteiger partial charge < -0.3 is 10.3 Å². The third-order valence-corrected chi connectivity index (χ3v) is 3.27. The number of nitrogens with two attached hydrogens (primary N) is 1. The largest absolute Gasteiger partial charge is 0.330 e. The van der Waals surface area contributed by atoms with E-state index < -0.39 is 0 Å². The van der Waals surface area contributed by atoms with Gasteiger partial charge in [-0.25, -0.2) is 9.67 Å². The van der Waals surface area contributed by atoms with Gasteiger partial charge in [0.1, 0.15) is 12.4 Å². The molecule has 0 aliphatic carbocycles. The van der Waals surface area contributed by atoms with Crippen LogP contribution < -0.4 is 5.73 Å². The van der Waals surface area contributed by atoms with Crippen LogP contribution in [0.2, 0.25) is 5.02 Å². The van der Waals surface area contributed by atoms with E-state index in [9.17, 15) is 0 Å². The fourth-order valence-corrected chi connectivity index (χ4v) is 2.17. The maximum Gasteiger partial charge on any atom is 0.131 e. The number of aryl methyl sites for hydroxylation is 1. The summed E-state index contributed by atoms with van der Waals surface area (Å²) in [7, 11) is 1.96. The van der Waals surface area contributed by atoms with Gasteiger partial charge in [-0.05, 0) is 18.2 Å². The van der Waals surface area contributed by atoms with Crippen LogP contribution in [0.15, 0.2) is 24.4 Å². The van der Waals surface area contributed by atoms with Gasteiger partial charge in [-0.15, -0.1) is 5.10 Å². The van der Waals surface area contributed by atoms with Crippen LogP contribution in [0.25, 0.3) is 11.0 Å². The highest BCUT2D eigenvalue weighted by Crippen LogP contribution is 2.20. The molecule has 0 bridgehead atoms. The van der Waals surface area contributed by atoms with Gasteiger partial charge in [0.2, 0.25) is 0 Å². The number of benzene rings is 1. The molecule has 2 N–H and O–H groups in total. The summed E-state index contributed by atoms with van der Waals surface area (Å²) >= 11 is 6.00. The highest BCUT2D eigenvalue weighted by Gasteiger charge is 2.09. The van der Waals surface area contributed by atoms with Crippen molar-refractivity contribution in [3.63, 3.8) is 0 Å². The Morgan fingerprint density at radius 1 is 1.37 bits per heavy atom. The molecule has 7 heteroatoms. The number of rotatable bonds is 3. The second-order valence-corrected chi connectivity index (χ2v) is 4.77. The molecule has 1 aromatic carbocycles. The third kappa shape index (κ3) is 2.20. The lowest BCUT2D eigenvalue weighted by Gasteiger charge is -2.01. The van der Waals surface area contributed by atoms with Crippen molar-refractivity contribution in [3.05, 3.63) is 40.9 Å². The minimum Gasteiger partial charge on any atom is -0.330 e. The molecule has 3 rings (SSSR count). The van der Waals surface area contributed by atoms with Gasteiger partial charge in [0.15, 0.2) is 0 Å². The van der Waals surface area contributed by atoms with Crippen LogP contribution in [0.1, 0.15) is 11.5 Å². The van der Waals surface area contributed by atoms with E-state index in [4.69, 9.17) is 17.3 Å². The number of hydrogen-bond donors (Lipinski definition) is 1. The van der Waals surface area contributed by atoms with Gasteiger partial charge in [0, 0.05) is 18.6 Å². The molecule has 0 atom stereocenters. The van der Waals surface area contributed by atoms with E-state index in [0.29, 0.717) is 18.1 Å². The highest BCUT2D eigenvalue weighted by atomic mass is 35.5. The Balaban J connectivity index is 1.98. The summed E-state index contributed by atoms with van der Waals surface area (Å²) in [6, 6.07) is 5.65. The van der Waals surface area contributed by atoms with Crippen LogP contribution in [0, 0.1) is 0 Å². The molecule has 6 nitrogen and oxygen atoms in total. The second-order valence-electron chi connectivity index (χ2n) is 4.33. The fraction of sp³-hybridized carbons (Fsp3) is 0.250. The predicted molar refractivity (Wildman–Crippen MR) is 72.7 cm³/mol. The summed E-state index contributed by atoms with van der Waals surface area (Å²) in [5, 5.41) is 8.68. The first kappa shape index (κ1) is 12.1. The molecule has 0 aliphatic rings. The SMILES string of the molecule is Cn1c(Cn2cc(CN)nn2)nc2ccc(Cl)cc21. The zero-order valence-electron chi connectivity index (χ0n) is 10.4. The van der Waals surface area contributed by atoms with E-state index in [2.05, 4.69) is 15.3 Å². The first-order valence-electron chi connectivity index (χ1n) is 5.87. The molecule has 2 heterocycles. The molecule has 2 aromatic heterocycles. The monoisotopic (exact) mass is 276 g/mol. The summed E-state index contributed by atoms with van der Waals surface area (Å²) in [5.74, 6) is 0.894. The minimum absolute atomic E-state index is 0.387. The van der Waals surface area contributed by atoms with Crippen molar-refractivity contribution in [1.29, 1.82) is 0 Å². The van der Waals surface area contributed by atoms with Crippen LogP contribution in [-0.2, 0) is 20.1 Å². The molecule has 0 unspecified atom stereocenters. The van der Waals surface area contributed by atoms with Gasteiger partial charge in [-0.2, -0.15) is 0 Å². The van der Waals surface area contributed by atoms with E-state index >= 15 is 0 Å². The normalized spacial score (nSPS) is 11.3. The molecule has 0 saturated carbocycles. The number of halogens is 1. The van der Waals surface area contributed by atoms with Gasteiger partial charge in [-0.1, -0.05) is 16.8 Å². The molecule has 0 amide bonds. The van der Waals surface area contributed by atoms with Crippen molar-refractivity contribution >= 4 is 22.6 Å². The van der Waals surface area contributed by atoms with Gasteiger partial charge in [0.05, 0.1) is 22.9 Å².